The lowest BCUT2D eigenvalue weighted by molar-refractivity contribution is 0.191. The Hall–Kier alpha value is -0.120. The van der Waals surface area contributed by atoms with Crippen LogP contribution in [0.15, 0.2) is 0 Å². The summed E-state index contributed by atoms with van der Waals surface area (Å²) in [6.07, 6.45) is 6.81. The normalized spacial score (nSPS) is 28.7. The molecular formula is C15H31N3. The fraction of sp³-hybridized carbons (Fsp3) is 1.00. The molecule has 2 heterocycles. The van der Waals surface area contributed by atoms with E-state index in [4.69, 9.17) is 0 Å². The number of piperidine rings is 1. The first-order chi connectivity index (χ1) is 8.74. The van der Waals surface area contributed by atoms with Crippen LogP contribution in [0.2, 0.25) is 0 Å². The molecule has 2 atom stereocenters. The van der Waals surface area contributed by atoms with Gasteiger partial charge in [-0.1, -0.05) is 6.92 Å². The summed E-state index contributed by atoms with van der Waals surface area (Å²) in [5, 5.41) is 7.27. The quantitative estimate of drug-likeness (QED) is 0.756. The second-order valence-electron chi connectivity index (χ2n) is 6.41. The average molecular weight is 253 g/mol. The Bertz CT molecular complexity index is 218. The maximum Gasteiger partial charge on any atom is 0.0107 e. The van der Waals surface area contributed by atoms with Crippen LogP contribution >= 0.6 is 0 Å². The van der Waals surface area contributed by atoms with Crippen molar-refractivity contribution >= 4 is 0 Å². The van der Waals surface area contributed by atoms with Crippen molar-refractivity contribution < 1.29 is 0 Å². The smallest absolute Gasteiger partial charge is 0.0107 e. The third-order valence-electron chi connectivity index (χ3n) is 4.60. The van der Waals surface area contributed by atoms with E-state index in [1.54, 1.807) is 0 Å². The molecule has 0 aromatic rings. The molecule has 0 bridgehead atoms. The standard InChI is InChI=1S/C15H31N3/c1-13-5-9-18(10-6-13)11-8-16-14(2)12-15-4-3-7-17-15/h13-17H,3-12H2,1-2H3. The van der Waals surface area contributed by atoms with E-state index in [1.807, 2.05) is 0 Å². The van der Waals surface area contributed by atoms with Gasteiger partial charge in [-0.3, -0.25) is 0 Å². The van der Waals surface area contributed by atoms with Crippen molar-refractivity contribution in [2.45, 2.75) is 58.0 Å². The molecule has 18 heavy (non-hydrogen) atoms. The summed E-state index contributed by atoms with van der Waals surface area (Å²) in [5.41, 5.74) is 0. The Balaban J connectivity index is 1.51. The van der Waals surface area contributed by atoms with Crippen molar-refractivity contribution in [3.63, 3.8) is 0 Å². The molecule has 2 fully saturated rings. The molecule has 0 aliphatic carbocycles. The summed E-state index contributed by atoms with van der Waals surface area (Å²) in [5.74, 6) is 0.946. The van der Waals surface area contributed by atoms with Crippen molar-refractivity contribution in [2.24, 2.45) is 5.92 Å². The van der Waals surface area contributed by atoms with Gasteiger partial charge >= 0.3 is 0 Å². The molecule has 2 aliphatic heterocycles. The molecule has 2 saturated heterocycles. The molecule has 0 amide bonds. The predicted molar refractivity (Wildman–Crippen MR) is 77.9 cm³/mol. The van der Waals surface area contributed by atoms with Crippen LogP contribution in [0.25, 0.3) is 0 Å². The van der Waals surface area contributed by atoms with Crippen LogP contribution in [0, 0.1) is 5.92 Å². The molecule has 2 unspecified atom stereocenters. The van der Waals surface area contributed by atoms with Gasteiger partial charge in [0.05, 0.1) is 0 Å². The van der Waals surface area contributed by atoms with Crippen LogP contribution in [-0.2, 0) is 0 Å². The Morgan fingerprint density at radius 1 is 1.28 bits per heavy atom. The molecule has 2 N–H and O–H groups in total. The first kappa shape index (κ1) is 14.3. The second-order valence-corrected chi connectivity index (χ2v) is 6.41. The van der Waals surface area contributed by atoms with Crippen molar-refractivity contribution in [1.29, 1.82) is 0 Å². The molecule has 0 saturated carbocycles. The minimum atomic E-state index is 0.657. The Morgan fingerprint density at radius 2 is 2.06 bits per heavy atom. The van der Waals surface area contributed by atoms with Crippen molar-refractivity contribution in [1.82, 2.24) is 15.5 Å². The Kier molecular flexibility index (Phi) is 5.93. The van der Waals surface area contributed by atoms with Gasteiger partial charge in [0.25, 0.3) is 0 Å². The maximum atomic E-state index is 3.69. The SMILES string of the molecule is CC1CCN(CCNC(C)CC2CCCN2)CC1. The van der Waals surface area contributed by atoms with Gasteiger partial charge in [-0.25, -0.2) is 0 Å². The van der Waals surface area contributed by atoms with Crippen LogP contribution in [0.5, 0.6) is 0 Å². The van der Waals surface area contributed by atoms with E-state index in [9.17, 15) is 0 Å². The third kappa shape index (κ3) is 4.87. The number of likely N-dealkylation sites (tertiary alicyclic amines) is 1. The van der Waals surface area contributed by atoms with Gasteiger partial charge in [0.2, 0.25) is 0 Å². The monoisotopic (exact) mass is 253 g/mol. The number of nitrogens with one attached hydrogen (secondary N) is 2. The largest absolute Gasteiger partial charge is 0.314 e. The highest BCUT2D eigenvalue weighted by atomic mass is 15.1. The summed E-state index contributed by atoms with van der Waals surface area (Å²) >= 11 is 0. The van der Waals surface area contributed by atoms with E-state index in [0.717, 1.165) is 18.5 Å². The molecular weight excluding hydrogens is 222 g/mol. The highest BCUT2D eigenvalue weighted by Crippen LogP contribution is 2.15. The molecule has 2 rings (SSSR count). The van der Waals surface area contributed by atoms with Crippen LogP contribution in [-0.4, -0.2) is 49.7 Å². The lowest BCUT2D eigenvalue weighted by Gasteiger charge is -2.30. The maximum absolute atomic E-state index is 3.69. The molecule has 2 aliphatic rings. The number of nitrogens with zero attached hydrogens (tertiary/aromatic N) is 1. The summed E-state index contributed by atoms with van der Waals surface area (Å²) in [6.45, 7) is 10.9. The van der Waals surface area contributed by atoms with Crippen LogP contribution < -0.4 is 10.6 Å². The number of hydrogen-bond acceptors (Lipinski definition) is 3. The highest BCUT2D eigenvalue weighted by molar-refractivity contribution is 4.79. The molecule has 0 radical (unpaired) electrons. The summed E-state index contributed by atoms with van der Waals surface area (Å²) in [6, 6.07) is 1.42. The van der Waals surface area contributed by atoms with Crippen LogP contribution in [0.3, 0.4) is 0 Å². The Morgan fingerprint density at radius 3 is 2.72 bits per heavy atom. The summed E-state index contributed by atoms with van der Waals surface area (Å²) < 4.78 is 0. The second kappa shape index (κ2) is 7.46. The van der Waals surface area contributed by atoms with E-state index in [0.29, 0.717) is 6.04 Å². The molecule has 0 aromatic heterocycles. The zero-order valence-electron chi connectivity index (χ0n) is 12.3. The molecule has 0 aromatic carbocycles. The molecule has 3 nitrogen and oxygen atoms in total. The van der Waals surface area contributed by atoms with E-state index >= 15 is 0 Å². The summed E-state index contributed by atoms with van der Waals surface area (Å²) in [7, 11) is 0. The minimum Gasteiger partial charge on any atom is -0.314 e. The fourth-order valence-electron chi connectivity index (χ4n) is 3.22. The third-order valence-corrected chi connectivity index (χ3v) is 4.60. The van der Waals surface area contributed by atoms with E-state index in [1.165, 1.54) is 58.3 Å². The molecule has 0 spiro atoms. The Labute approximate surface area is 113 Å². The van der Waals surface area contributed by atoms with Gasteiger partial charge in [-0.05, 0) is 64.6 Å². The predicted octanol–water partition coefficient (Wildman–Crippen LogP) is 1.84. The molecule has 3 heteroatoms. The van der Waals surface area contributed by atoms with E-state index < -0.39 is 0 Å². The summed E-state index contributed by atoms with van der Waals surface area (Å²) in [4.78, 5) is 2.62. The van der Waals surface area contributed by atoms with Crippen LogP contribution in [0.4, 0.5) is 0 Å². The van der Waals surface area contributed by atoms with Crippen molar-refractivity contribution in [3.05, 3.63) is 0 Å². The van der Waals surface area contributed by atoms with E-state index in [-0.39, 0.29) is 0 Å². The number of hydrogen-bond donors (Lipinski definition) is 2. The van der Waals surface area contributed by atoms with E-state index in [2.05, 4.69) is 29.4 Å². The van der Waals surface area contributed by atoms with Crippen LogP contribution in [0.1, 0.15) is 46.0 Å². The van der Waals surface area contributed by atoms with Crippen molar-refractivity contribution in [3.8, 4) is 0 Å². The van der Waals surface area contributed by atoms with Crippen molar-refractivity contribution in [2.75, 3.05) is 32.7 Å². The zero-order valence-corrected chi connectivity index (χ0v) is 12.3. The first-order valence-electron chi connectivity index (χ1n) is 7.93. The van der Waals surface area contributed by atoms with Gasteiger partial charge < -0.3 is 15.5 Å². The lowest BCUT2D eigenvalue weighted by atomic mass is 9.99. The van der Waals surface area contributed by atoms with Gasteiger partial charge in [0, 0.05) is 25.2 Å². The minimum absolute atomic E-state index is 0.657. The average Bonchev–Trinajstić information content (AvgIpc) is 2.84. The lowest BCUT2D eigenvalue weighted by Crippen LogP contribution is -2.41. The van der Waals surface area contributed by atoms with Gasteiger partial charge in [0.15, 0.2) is 0 Å². The fourth-order valence-corrected chi connectivity index (χ4v) is 3.22. The highest BCUT2D eigenvalue weighted by Gasteiger charge is 2.18. The topological polar surface area (TPSA) is 27.3 Å². The van der Waals surface area contributed by atoms with Gasteiger partial charge in [-0.15, -0.1) is 0 Å². The van der Waals surface area contributed by atoms with Gasteiger partial charge in [-0.2, -0.15) is 0 Å². The zero-order chi connectivity index (χ0) is 12.8. The number of rotatable bonds is 6. The first-order valence-corrected chi connectivity index (χ1v) is 7.93. The van der Waals surface area contributed by atoms with Gasteiger partial charge in [0.1, 0.15) is 0 Å². The molecule has 106 valence electrons.